The van der Waals surface area contributed by atoms with Crippen LogP contribution in [0.5, 0.6) is 0 Å². The fourth-order valence-corrected chi connectivity index (χ4v) is 2.15. The largest absolute Gasteiger partial charge is 0.351 e. The first-order valence-corrected chi connectivity index (χ1v) is 5.79. The second kappa shape index (κ2) is 4.31. The number of carbonyl (C=O) groups excluding carboxylic acids is 1. The topological polar surface area (TPSA) is 33.2 Å². The van der Waals surface area contributed by atoms with Crippen LogP contribution in [0, 0.1) is 5.41 Å². The smallest absolute Gasteiger partial charge is 0.185 e. The summed E-state index contributed by atoms with van der Waals surface area (Å²) in [5, 5.41) is 0.912. The molecule has 1 aromatic rings. The molecule has 1 aromatic heterocycles. The Hall–Kier alpha value is -0.900. The molecular weight excluding hydrogens is 208 g/mol. The summed E-state index contributed by atoms with van der Waals surface area (Å²) in [7, 11) is 2.01. The molecule has 0 saturated carbocycles. The van der Waals surface area contributed by atoms with E-state index in [1.807, 2.05) is 7.05 Å². The minimum absolute atomic E-state index is 0.0860. The molecule has 0 aliphatic carbocycles. The number of rotatable bonds is 3. The molecule has 0 saturated heterocycles. The van der Waals surface area contributed by atoms with E-state index >= 15 is 0 Å². The van der Waals surface area contributed by atoms with Gasteiger partial charge in [0.15, 0.2) is 10.9 Å². The SMILES string of the molecule is CC(=O)c1cnc(N(C)CC(C)(C)C)s1. The van der Waals surface area contributed by atoms with Gasteiger partial charge in [0.25, 0.3) is 0 Å². The van der Waals surface area contributed by atoms with Crippen LogP contribution < -0.4 is 4.90 Å². The lowest BCUT2D eigenvalue weighted by Gasteiger charge is -2.25. The van der Waals surface area contributed by atoms with Gasteiger partial charge in [-0.05, 0) is 5.41 Å². The standard InChI is InChI=1S/C11H18N2OS/c1-8(14)9-6-12-10(15-9)13(5)7-11(2,3)4/h6H,7H2,1-5H3. The quantitative estimate of drug-likeness (QED) is 0.743. The lowest BCUT2D eigenvalue weighted by atomic mass is 9.96. The summed E-state index contributed by atoms with van der Waals surface area (Å²) in [6.07, 6.45) is 1.65. The zero-order valence-corrected chi connectivity index (χ0v) is 10.8. The second-order valence-corrected chi connectivity index (χ2v) is 5.99. The molecule has 84 valence electrons. The van der Waals surface area contributed by atoms with Crippen molar-refractivity contribution in [1.29, 1.82) is 0 Å². The highest BCUT2D eigenvalue weighted by Gasteiger charge is 2.16. The van der Waals surface area contributed by atoms with Crippen LogP contribution in [0.3, 0.4) is 0 Å². The maximum Gasteiger partial charge on any atom is 0.185 e. The number of ketones is 1. The Balaban J connectivity index is 2.74. The molecule has 0 aliphatic rings. The number of carbonyl (C=O) groups is 1. The van der Waals surface area contributed by atoms with Crippen LogP contribution in [0.15, 0.2) is 6.20 Å². The van der Waals surface area contributed by atoms with Crippen molar-refractivity contribution in [3.8, 4) is 0 Å². The normalized spacial score (nSPS) is 11.5. The molecule has 0 aromatic carbocycles. The van der Waals surface area contributed by atoms with Crippen LogP contribution in [0.1, 0.15) is 37.4 Å². The van der Waals surface area contributed by atoms with Crippen LogP contribution in [-0.2, 0) is 0 Å². The van der Waals surface area contributed by atoms with Gasteiger partial charge in [0.1, 0.15) is 0 Å². The summed E-state index contributed by atoms with van der Waals surface area (Å²) in [6.45, 7) is 9.05. The lowest BCUT2D eigenvalue weighted by molar-refractivity contribution is 0.102. The third-order valence-electron chi connectivity index (χ3n) is 1.88. The number of thiazole rings is 1. The van der Waals surface area contributed by atoms with Crippen LogP contribution in [-0.4, -0.2) is 24.4 Å². The Morgan fingerprint density at radius 2 is 2.13 bits per heavy atom. The minimum atomic E-state index is 0.0860. The van der Waals surface area contributed by atoms with Gasteiger partial charge in [0.2, 0.25) is 0 Å². The summed E-state index contributed by atoms with van der Waals surface area (Å²) in [6, 6.07) is 0. The van der Waals surface area contributed by atoms with Crippen molar-refractivity contribution in [2.24, 2.45) is 5.41 Å². The molecule has 0 aliphatic heterocycles. The molecule has 0 amide bonds. The van der Waals surface area contributed by atoms with E-state index in [0.717, 1.165) is 16.6 Å². The Kier molecular flexibility index (Phi) is 3.50. The van der Waals surface area contributed by atoms with Gasteiger partial charge in [-0.25, -0.2) is 4.98 Å². The summed E-state index contributed by atoms with van der Waals surface area (Å²) in [5.41, 5.74) is 0.233. The molecule has 15 heavy (non-hydrogen) atoms. The number of aromatic nitrogens is 1. The van der Waals surface area contributed by atoms with E-state index < -0.39 is 0 Å². The first-order chi connectivity index (χ1) is 6.79. The molecule has 1 heterocycles. The first kappa shape index (κ1) is 12.2. The molecule has 0 atom stereocenters. The molecule has 3 nitrogen and oxygen atoms in total. The summed E-state index contributed by atoms with van der Waals surface area (Å²) >= 11 is 1.46. The van der Waals surface area contributed by atoms with E-state index in [-0.39, 0.29) is 11.2 Å². The van der Waals surface area contributed by atoms with Gasteiger partial charge in [0.05, 0.1) is 11.1 Å². The minimum Gasteiger partial charge on any atom is -0.351 e. The van der Waals surface area contributed by atoms with E-state index in [1.165, 1.54) is 11.3 Å². The molecule has 1 rings (SSSR count). The van der Waals surface area contributed by atoms with Crippen LogP contribution in [0.25, 0.3) is 0 Å². The summed E-state index contributed by atoms with van der Waals surface area (Å²) < 4.78 is 0. The van der Waals surface area contributed by atoms with Crippen molar-refractivity contribution < 1.29 is 4.79 Å². The highest BCUT2D eigenvalue weighted by Crippen LogP contribution is 2.25. The van der Waals surface area contributed by atoms with Crippen molar-refractivity contribution in [1.82, 2.24) is 4.98 Å². The van der Waals surface area contributed by atoms with Crippen molar-refractivity contribution in [2.45, 2.75) is 27.7 Å². The van der Waals surface area contributed by atoms with Gasteiger partial charge in [-0.1, -0.05) is 32.1 Å². The van der Waals surface area contributed by atoms with E-state index in [2.05, 4.69) is 30.7 Å². The Morgan fingerprint density at radius 1 is 1.53 bits per heavy atom. The van der Waals surface area contributed by atoms with Gasteiger partial charge in [0, 0.05) is 20.5 Å². The second-order valence-electron chi connectivity index (χ2n) is 4.98. The first-order valence-electron chi connectivity index (χ1n) is 4.97. The molecular formula is C11H18N2OS. The van der Waals surface area contributed by atoms with Crippen LogP contribution in [0.2, 0.25) is 0 Å². The van der Waals surface area contributed by atoms with Gasteiger partial charge < -0.3 is 4.90 Å². The number of anilines is 1. The highest BCUT2D eigenvalue weighted by atomic mass is 32.1. The Labute approximate surface area is 95.1 Å². The molecule has 0 fully saturated rings. The van der Waals surface area contributed by atoms with Crippen molar-refractivity contribution >= 4 is 22.3 Å². The maximum atomic E-state index is 11.1. The zero-order valence-electron chi connectivity index (χ0n) is 10.00. The molecule has 4 heteroatoms. The molecule has 0 spiro atoms. The molecule has 0 unspecified atom stereocenters. The molecule has 0 bridgehead atoms. The number of hydrogen-bond donors (Lipinski definition) is 0. The van der Waals surface area contributed by atoms with Gasteiger partial charge >= 0.3 is 0 Å². The van der Waals surface area contributed by atoms with Crippen molar-refractivity contribution in [3.05, 3.63) is 11.1 Å². The van der Waals surface area contributed by atoms with Crippen LogP contribution >= 0.6 is 11.3 Å². The number of hydrogen-bond acceptors (Lipinski definition) is 4. The van der Waals surface area contributed by atoms with Crippen molar-refractivity contribution in [3.63, 3.8) is 0 Å². The van der Waals surface area contributed by atoms with Gasteiger partial charge in [-0.2, -0.15) is 0 Å². The average Bonchev–Trinajstić information content (AvgIpc) is 2.47. The molecule has 0 N–H and O–H groups in total. The van der Waals surface area contributed by atoms with Crippen LogP contribution in [0.4, 0.5) is 5.13 Å². The monoisotopic (exact) mass is 226 g/mol. The third-order valence-corrected chi connectivity index (χ3v) is 3.09. The number of nitrogens with zero attached hydrogens (tertiary/aromatic N) is 2. The van der Waals surface area contributed by atoms with E-state index in [0.29, 0.717) is 0 Å². The number of Topliss-reactive ketones (excluding diaryl/α,β-unsaturated/α-hetero) is 1. The lowest BCUT2D eigenvalue weighted by Crippen LogP contribution is -2.28. The fourth-order valence-electron chi connectivity index (χ4n) is 1.38. The third kappa shape index (κ3) is 3.63. The fraction of sp³-hybridized carbons (Fsp3) is 0.636. The summed E-state index contributed by atoms with van der Waals surface area (Å²) in [4.78, 5) is 18.2. The van der Waals surface area contributed by atoms with E-state index in [4.69, 9.17) is 0 Å². The highest BCUT2D eigenvalue weighted by molar-refractivity contribution is 7.17. The molecule has 0 radical (unpaired) electrons. The average molecular weight is 226 g/mol. The maximum absolute atomic E-state index is 11.1. The van der Waals surface area contributed by atoms with E-state index in [1.54, 1.807) is 13.1 Å². The van der Waals surface area contributed by atoms with Crippen molar-refractivity contribution in [2.75, 3.05) is 18.5 Å². The van der Waals surface area contributed by atoms with Gasteiger partial charge in [-0.3, -0.25) is 4.79 Å². The predicted molar refractivity (Wildman–Crippen MR) is 64.8 cm³/mol. The predicted octanol–water partition coefficient (Wildman–Crippen LogP) is 2.83. The van der Waals surface area contributed by atoms with Gasteiger partial charge in [-0.15, -0.1) is 0 Å². The Bertz CT molecular complexity index is 352. The van der Waals surface area contributed by atoms with E-state index in [9.17, 15) is 4.79 Å². The summed E-state index contributed by atoms with van der Waals surface area (Å²) in [5.74, 6) is 0.0860. The zero-order chi connectivity index (χ0) is 11.6. The Morgan fingerprint density at radius 3 is 2.53 bits per heavy atom.